The van der Waals surface area contributed by atoms with E-state index in [1.54, 1.807) is 18.5 Å². The van der Waals surface area contributed by atoms with Crippen LogP contribution < -0.4 is 0 Å². The van der Waals surface area contributed by atoms with E-state index >= 15 is 0 Å². The third-order valence-electron chi connectivity index (χ3n) is 9.57. The lowest BCUT2D eigenvalue weighted by Gasteiger charge is -2.28. The Morgan fingerprint density at radius 2 is 1.16 bits per heavy atom. The van der Waals surface area contributed by atoms with E-state index in [-0.39, 0.29) is 36.5 Å². The summed E-state index contributed by atoms with van der Waals surface area (Å²) in [4.78, 5) is 0. The van der Waals surface area contributed by atoms with Gasteiger partial charge < -0.3 is 5.11 Å². The van der Waals surface area contributed by atoms with Crippen LogP contribution in [-0.4, -0.2) is 31.6 Å². The summed E-state index contributed by atoms with van der Waals surface area (Å²) in [5, 5.41) is 23.6. The van der Waals surface area contributed by atoms with E-state index in [1.807, 2.05) is 49.7 Å². The number of rotatable bonds is 12. The number of nitrogens with zero attached hydrogens (tertiary/aromatic N) is 2. The minimum absolute atomic E-state index is 0.0100. The number of aliphatic hydroxyl groups is 1. The first-order valence-corrected chi connectivity index (χ1v) is 17.1. The van der Waals surface area contributed by atoms with Crippen molar-refractivity contribution in [2.24, 2.45) is 11.8 Å². The molecule has 5 atom stereocenters. The van der Waals surface area contributed by atoms with Gasteiger partial charge in [-0.15, -0.1) is 0 Å². The maximum atomic E-state index is 13.8. The fourth-order valence-electron chi connectivity index (χ4n) is 6.63. The molecule has 0 saturated carbocycles. The van der Waals surface area contributed by atoms with Gasteiger partial charge in [0.25, 0.3) is 0 Å². The van der Waals surface area contributed by atoms with E-state index in [9.17, 15) is 22.7 Å². The van der Waals surface area contributed by atoms with E-state index in [2.05, 4.69) is 51.6 Å². The molecule has 4 aromatic rings. The molecule has 2 heterocycles. The SMILES string of the molecule is CCC(O)CC(c1ccc(-c2cn[nH]c2)cc1)C1C=CC(F)=C(F)C1.CCCCC(c1ccc(-c2cn[nH]c2)cc1)C1C=CC(F)=C(F)C1. The van der Waals surface area contributed by atoms with Crippen molar-refractivity contribution in [2.45, 2.75) is 76.7 Å². The molecule has 2 aromatic heterocycles. The Balaban J connectivity index is 0.000000191. The summed E-state index contributed by atoms with van der Waals surface area (Å²) < 4.78 is 54.1. The van der Waals surface area contributed by atoms with E-state index in [0.29, 0.717) is 12.8 Å². The lowest BCUT2D eigenvalue weighted by atomic mass is 9.78. The zero-order valence-electron chi connectivity index (χ0n) is 27.9. The van der Waals surface area contributed by atoms with Crippen molar-refractivity contribution in [3.8, 4) is 22.3 Å². The van der Waals surface area contributed by atoms with E-state index < -0.39 is 29.4 Å². The summed E-state index contributed by atoms with van der Waals surface area (Å²) in [6.07, 6.45) is 17.3. The molecular formula is C40H44F4N4O. The minimum Gasteiger partial charge on any atom is -0.393 e. The molecule has 0 amide bonds. The average Bonchev–Trinajstić information content (AvgIpc) is 3.87. The molecule has 5 unspecified atom stereocenters. The van der Waals surface area contributed by atoms with Crippen molar-refractivity contribution in [1.29, 1.82) is 0 Å². The van der Waals surface area contributed by atoms with Gasteiger partial charge in [0.05, 0.1) is 18.5 Å². The molecule has 0 aliphatic heterocycles. The van der Waals surface area contributed by atoms with Crippen LogP contribution in [0.4, 0.5) is 17.6 Å². The van der Waals surface area contributed by atoms with Gasteiger partial charge in [0, 0.05) is 36.4 Å². The summed E-state index contributed by atoms with van der Waals surface area (Å²) in [5.41, 5.74) is 6.36. The van der Waals surface area contributed by atoms with Crippen molar-refractivity contribution in [3.05, 3.63) is 132 Å². The van der Waals surface area contributed by atoms with Crippen LogP contribution in [0.5, 0.6) is 0 Å². The second-order valence-electron chi connectivity index (χ2n) is 12.8. The number of halogens is 4. The summed E-state index contributed by atoms with van der Waals surface area (Å²) in [6.45, 7) is 4.07. The normalized spacial score (nSPS) is 19.4. The van der Waals surface area contributed by atoms with Crippen LogP contribution in [-0.2, 0) is 0 Å². The number of aromatic nitrogens is 4. The van der Waals surface area contributed by atoms with Crippen molar-refractivity contribution >= 4 is 0 Å². The standard InChI is InChI=1S/C20H22F2N2O.C20H22F2N2/c1-2-17(25)10-18(15-7-8-19(21)20(22)9-15)14-5-3-13(4-6-14)16-11-23-24-12-16;1-2-3-4-18(16-9-10-19(21)20(22)11-16)15-7-5-14(6-8-15)17-12-23-24-13-17/h3-8,11-12,15,17-18,25H,2,9-10H2,1H3,(H,23,24);5-10,12-13,16,18H,2-4,11H2,1H3,(H,23,24). The highest BCUT2D eigenvalue weighted by Gasteiger charge is 2.28. The lowest BCUT2D eigenvalue weighted by Crippen LogP contribution is -2.19. The molecule has 6 rings (SSSR count). The number of aliphatic hydroxyl groups excluding tert-OH is 1. The summed E-state index contributed by atoms with van der Waals surface area (Å²) in [6, 6.07) is 16.3. The van der Waals surface area contributed by atoms with E-state index in [1.165, 1.54) is 17.7 Å². The average molecular weight is 673 g/mol. The quantitative estimate of drug-likeness (QED) is 0.131. The first-order chi connectivity index (χ1) is 23.8. The molecule has 2 aromatic carbocycles. The van der Waals surface area contributed by atoms with Gasteiger partial charge in [-0.05, 0) is 77.3 Å². The molecule has 0 bridgehead atoms. The highest BCUT2D eigenvalue weighted by atomic mass is 19.2. The first kappa shape index (κ1) is 35.8. The third kappa shape index (κ3) is 9.35. The molecule has 9 heteroatoms. The molecule has 49 heavy (non-hydrogen) atoms. The van der Waals surface area contributed by atoms with Gasteiger partial charge in [-0.3, -0.25) is 10.2 Å². The van der Waals surface area contributed by atoms with Crippen LogP contribution in [0.3, 0.4) is 0 Å². The van der Waals surface area contributed by atoms with Gasteiger partial charge in [-0.25, -0.2) is 17.6 Å². The molecule has 0 fully saturated rings. The van der Waals surface area contributed by atoms with Crippen molar-refractivity contribution in [3.63, 3.8) is 0 Å². The van der Waals surface area contributed by atoms with Crippen LogP contribution in [0.1, 0.15) is 81.8 Å². The summed E-state index contributed by atoms with van der Waals surface area (Å²) in [5.74, 6) is -2.87. The zero-order chi connectivity index (χ0) is 34.8. The Morgan fingerprint density at radius 1 is 0.694 bits per heavy atom. The van der Waals surface area contributed by atoms with Gasteiger partial charge in [-0.2, -0.15) is 10.2 Å². The van der Waals surface area contributed by atoms with E-state index in [0.717, 1.165) is 47.1 Å². The fourth-order valence-corrected chi connectivity index (χ4v) is 6.63. The molecule has 2 aliphatic rings. The first-order valence-electron chi connectivity index (χ1n) is 17.1. The van der Waals surface area contributed by atoms with Crippen LogP contribution in [0, 0.1) is 11.8 Å². The predicted octanol–water partition coefficient (Wildman–Crippen LogP) is 11.1. The lowest BCUT2D eigenvalue weighted by molar-refractivity contribution is 0.143. The maximum Gasteiger partial charge on any atom is 0.154 e. The molecule has 5 nitrogen and oxygen atoms in total. The number of nitrogens with one attached hydrogen (secondary N) is 2. The number of benzene rings is 2. The summed E-state index contributed by atoms with van der Waals surface area (Å²) in [7, 11) is 0. The number of unbranched alkanes of at least 4 members (excludes halogenated alkanes) is 1. The fraction of sp³-hybridized carbons (Fsp3) is 0.350. The number of hydrogen-bond acceptors (Lipinski definition) is 3. The monoisotopic (exact) mass is 672 g/mol. The van der Waals surface area contributed by atoms with Crippen LogP contribution in [0.25, 0.3) is 22.3 Å². The Morgan fingerprint density at radius 3 is 1.57 bits per heavy atom. The molecular weight excluding hydrogens is 628 g/mol. The number of allylic oxidation sites excluding steroid dienone is 8. The molecule has 3 N–H and O–H groups in total. The Bertz CT molecular complexity index is 1730. The largest absolute Gasteiger partial charge is 0.393 e. The van der Waals surface area contributed by atoms with Crippen molar-refractivity contribution < 1.29 is 22.7 Å². The van der Waals surface area contributed by atoms with Crippen LogP contribution >= 0.6 is 0 Å². The number of hydrogen-bond donors (Lipinski definition) is 3. The number of aromatic amines is 2. The van der Waals surface area contributed by atoms with Gasteiger partial charge in [0.1, 0.15) is 11.7 Å². The van der Waals surface area contributed by atoms with Gasteiger partial charge in [0.2, 0.25) is 0 Å². The minimum atomic E-state index is -0.790. The topological polar surface area (TPSA) is 77.6 Å². The predicted molar refractivity (Wildman–Crippen MR) is 187 cm³/mol. The molecule has 0 spiro atoms. The summed E-state index contributed by atoms with van der Waals surface area (Å²) >= 11 is 0. The Hall–Kier alpha value is -4.50. The van der Waals surface area contributed by atoms with Crippen molar-refractivity contribution in [1.82, 2.24) is 20.4 Å². The highest BCUT2D eigenvalue weighted by molar-refractivity contribution is 5.62. The molecule has 0 saturated heterocycles. The Labute approximate surface area is 285 Å². The smallest absolute Gasteiger partial charge is 0.154 e. The van der Waals surface area contributed by atoms with Gasteiger partial charge in [0.15, 0.2) is 11.7 Å². The number of H-pyrrole nitrogens is 2. The maximum absolute atomic E-state index is 13.8. The van der Waals surface area contributed by atoms with Gasteiger partial charge in [-0.1, -0.05) is 87.4 Å². The van der Waals surface area contributed by atoms with Crippen LogP contribution in [0.15, 0.2) is 121 Å². The third-order valence-corrected chi connectivity index (χ3v) is 9.57. The van der Waals surface area contributed by atoms with Crippen LogP contribution in [0.2, 0.25) is 0 Å². The van der Waals surface area contributed by atoms with Crippen molar-refractivity contribution in [2.75, 3.05) is 0 Å². The molecule has 2 aliphatic carbocycles. The molecule has 258 valence electrons. The van der Waals surface area contributed by atoms with Gasteiger partial charge >= 0.3 is 0 Å². The molecule has 0 radical (unpaired) electrons. The zero-order valence-corrected chi connectivity index (χ0v) is 27.9. The van der Waals surface area contributed by atoms with E-state index in [4.69, 9.17) is 0 Å². The second kappa shape index (κ2) is 17.2. The second-order valence-corrected chi connectivity index (χ2v) is 12.8. The highest BCUT2D eigenvalue weighted by Crippen LogP contribution is 2.40. The Kier molecular flexibility index (Phi) is 12.6.